The number of amides is 1. The average Bonchev–Trinajstić information content (AvgIpc) is 2.71. The summed E-state index contributed by atoms with van der Waals surface area (Å²) >= 11 is 0. The van der Waals surface area contributed by atoms with Crippen molar-refractivity contribution in [3.63, 3.8) is 0 Å². The quantitative estimate of drug-likeness (QED) is 0.727. The van der Waals surface area contributed by atoms with Crippen LogP contribution in [0.1, 0.15) is 33.5 Å². The number of aliphatic hydroxyl groups excluding tert-OH is 1. The van der Waals surface area contributed by atoms with E-state index in [0.29, 0.717) is 29.5 Å². The zero-order chi connectivity index (χ0) is 21.0. The monoisotopic (exact) mass is 400 g/mol. The Hall–Kier alpha value is -2.93. The molecule has 1 aliphatic rings. The van der Waals surface area contributed by atoms with Crippen molar-refractivity contribution in [2.45, 2.75) is 26.4 Å². The minimum Gasteiger partial charge on any atom is -0.445 e. The van der Waals surface area contributed by atoms with Gasteiger partial charge in [0.1, 0.15) is 12.4 Å². The Morgan fingerprint density at radius 1 is 1.34 bits per heavy atom. The smallest absolute Gasteiger partial charge is 0.410 e. The lowest BCUT2D eigenvalue weighted by molar-refractivity contribution is 0.0722. The van der Waals surface area contributed by atoms with Gasteiger partial charge in [-0.2, -0.15) is 0 Å². The van der Waals surface area contributed by atoms with E-state index in [4.69, 9.17) is 10.5 Å². The van der Waals surface area contributed by atoms with E-state index in [0.717, 1.165) is 5.56 Å². The van der Waals surface area contributed by atoms with Gasteiger partial charge in [-0.05, 0) is 42.5 Å². The van der Waals surface area contributed by atoms with E-state index < -0.39 is 17.8 Å². The Bertz CT molecular complexity index is 901. The lowest BCUT2D eigenvalue weighted by atomic mass is 9.79. The normalized spacial score (nSPS) is 15.7. The fourth-order valence-electron chi connectivity index (χ4n) is 3.71. The highest BCUT2D eigenvalue weighted by Gasteiger charge is 2.33. The summed E-state index contributed by atoms with van der Waals surface area (Å²) in [5, 5.41) is 9.34. The number of anilines is 1. The number of carbonyl (C=O) groups excluding carboxylic acids is 2. The van der Waals surface area contributed by atoms with E-state index in [-0.39, 0.29) is 37.8 Å². The molecule has 0 aromatic heterocycles. The van der Waals surface area contributed by atoms with E-state index in [2.05, 4.69) is 0 Å². The van der Waals surface area contributed by atoms with Crippen LogP contribution in [0.3, 0.4) is 0 Å². The summed E-state index contributed by atoms with van der Waals surface area (Å²) in [5.41, 5.74) is 8.32. The SMILES string of the molecule is Cc1c(F)cc(N)c2c1CCC(CN(CCO)C(=O)OCc1ccccc1)C2=O. The van der Waals surface area contributed by atoms with Crippen molar-refractivity contribution in [1.82, 2.24) is 4.90 Å². The molecule has 1 amide bonds. The van der Waals surface area contributed by atoms with Gasteiger partial charge in [0, 0.05) is 30.3 Å². The number of rotatable bonds is 6. The predicted molar refractivity (Wildman–Crippen MR) is 107 cm³/mol. The van der Waals surface area contributed by atoms with Gasteiger partial charge < -0.3 is 20.5 Å². The summed E-state index contributed by atoms with van der Waals surface area (Å²) in [6.07, 6.45) is 0.388. The second-order valence-electron chi connectivity index (χ2n) is 7.24. The molecule has 0 bridgehead atoms. The second kappa shape index (κ2) is 9.05. The Labute approximate surface area is 169 Å². The van der Waals surface area contributed by atoms with Gasteiger partial charge in [-0.3, -0.25) is 4.79 Å². The topological polar surface area (TPSA) is 92.9 Å². The van der Waals surface area contributed by atoms with E-state index in [1.54, 1.807) is 6.92 Å². The number of ketones is 1. The maximum Gasteiger partial charge on any atom is 0.410 e. The minimum absolute atomic E-state index is 0.0577. The maximum absolute atomic E-state index is 13.9. The molecule has 2 aromatic carbocycles. The second-order valence-corrected chi connectivity index (χ2v) is 7.24. The molecular weight excluding hydrogens is 375 g/mol. The fourth-order valence-corrected chi connectivity index (χ4v) is 3.71. The van der Waals surface area contributed by atoms with E-state index in [9.17, 15) is 19.1 Å². The number of aliphatic hydroxyl groups is 1. The van der Waals surface area contributed by atoms with Gasteiger partial charge in [0.25, 0.3) is 0 Å². The number of halogens is 1. The molecular formula is C22H25FN2O4. The van der Waals surface area contributed by atoms with Gasteiger partial charge in [-0.15, -0.1) is 0 Å². The molecule has 2 aromatic rings. The largest absolute Gasteiger partial charge is 0.445 e. The summed E-state index contributed by atoms with van der Waals surface area (Å²) in [6, 6.07) is 10.4. The molecule has 0 radical (unpaired) electrons. The van der Waals surface area contributed by atoms with Crippen LogP contribution in [-0.4, -0.2) is 41.6 Å². The van der Waals surface area contributed by atoms with Crippen molar-refractivity contribution in [2.24, 2.45) is 5.92 Å². The molecule has 0 saturated heterocycles. The van der Waals surface area contributed by atoms with Crippen molar-refractivity contribution < 1.29 is 23.8 Å². The number of nitrogen functional groups attached to an aromatic ring is 1. The third-order valence-corrected chi connectivity index (χ3v) is 5.32. The molecule has 3 rings (SSSR count). The Morgan fingerprint density at radius 3 is 2.76 bits per heavy atom. The van der Waals surface area contributed by atoms with Crippen molar-refractivity contribution in [3.8, 4) is 0 Å². The first-order valence-electron chi connectivity index (χ1n) is 9.60. The predicted octanol–water partition coefficient (Wildman–Crippen LogP) is 3.09. The summed E-state index contributed by atoms with van der Waals surface area (Å²) in [7, 11) is 0. The molecule has 0 heterocycles. The number of hydrogen-bond acceptors (Lipinski definition) is 5. The number of hydrogen-bond donors (Lipinski definition) is 2. The van der Waals surface area contributed by atoms with Crippen LogP contribution in [0.4, 0.5) is 14.9 Å². The highest BCUT2D eigenvalue weighted by molar-refractivity contribution is 6.05. The molecule has 1 aliphatic carbocycles. The molecule has 0 spiro atoms. The van der Waals surface area contributed by atoms with E-state index >= 15 is 0 Å². The van der Waals surface area contributed by atoms with E-state index in [1.807, 2.05) is 30.3 Å². The molecule has 7 heteroatoms. The first-order valence-corrected chi connectivity index (χ1v) is 9.60. The first-order chi connectivity index (χ1) is 13.9. The number of carbonyl (C=O) groups is 2. The summed E-state index contributed by atoms with van der Waals surface area (Å²) in [6.45, 7) is 1.67. The number of nitrogens with zero attached hydrogens (tertiary/aromatic N) is 1. The number of Topliss-reactive ketones (excluding diaryl/α,β-unsaturated/α-hetero) is 1. The van der Waals surface area contributed by atoms with Gasteiger partial charge in [0.05, 0.1) is 6.61 Å². The average molecular weight is 400 g/mol. The van der Waals surface area contributed by atoms with Crippen LogP contribution in [0.2, 0.25) is 0 Å². The van der Waals surface area contributed by atoms with Gasteiger partial charge in [-0.25, -0.2) is 9.18 Å². The first kappa shape index (κ1) is 20.8. The van der Waals surface area contributed by atoms with Crippen LogP contribution < -0.4 is 5.73 Å². The highest BCUT2D eigenvalue weighted by atomic mass is 19.1. The van der Waals surface area contributed by atoms with Crippen LogP contribution in [0.25, 0.3) is 0 Å². The van der Waals surface area contributed by atoms with Crippen LogP contribution >= 0.6 is 0 Å². The van der Waals surface area contributed by atoms with Crippen LogP contribution in [0.5, 0.6) is 0 Å². The maximum atomic E-state index is 13.9. The van der Waals surface area contributed by atoms with Crippen LogP contribution in [0.15, 0.2) is 36.4 Å². The number of benzene rings is 2. The van der Waals surface area contributed by atoms with Crippen LogP contribution in [0, 0.1) is 18.7 Å². The lowest BCUT2D eigenvalue weighted by Gasteiger charge is -2.30. The van der Waals surface area contributed by atoms with Crippen molar-refractivity contribution in [3.05, 3.63) is 64.5 Å². The number of ether oxygens (including phenoxy) is 1. The fraction of sp³-hybridized carbons (Fsp3) is 0.364. The summed E-state index contributed by atoms with van der Waals surface area (Å²) in [5.74, 6) is -1.10. The molecule has 0 aliphatic heterocycles. The molecule has 1 unspecified atom stereocenters. The molecule has 1 atom stereocenters. The molecule has 3 N–H and O–H groups in total. The van der Waals surface area contributed by atoms with Gasteiger partial charge in [0.2, 0.25) is 0 Å². The Balaban J connectivity index is 1.71. The van der Waals surface area contributed by atoms with Gasteiger partial charge >= 0.3 is 6.09 Å². The zero-order valence-corrected chi connectivity index (χ0v) is 16.4. The third kappa shape index (κ3) is 4.56. The zero-order valence-electron chi connectivity index (χ0n) is 16.4. The van der Waals surface area contributed by atoms with Crippen molar-refractivity contribution >= 4 is 17.6 Å². The van der Waals surface area contributed by atoms with Gasteiger partial charge in [-0.1, -0.05) is 30.3 Å². The van der Waals surface area contributed by atoms with Crippen molar-refractivity contribution in [2.75, 3.05) is 25.4 Å². The van der Waals surface area contributed by atoms with Gasteiger partial charge in [0.15, 0.2) is 5.78 Å². The molecule has 154 valence electrons. The molecule has 0 saturated carbocycles. The Morgan fingerprint density at radius 2 is 2.07 bits per heavy atom. The lowest BCUT2D eigenvalue weighted by Crippen LogP contribution is -2.41. The molecule has 29 heavy (non-hydrogen) atoms. The number of fused-ring (bicyclic) bond motifs is 1. The summed E-state index contributed by atoms with van der Waals surface area (Å²) < 4.78 is 19.3. The Kier molecular flexibility index (Phi) is 6.49. The molecule has 0 fully saturated rings. The van der Waals surface area contributed by atoms with E-state index in [1.165, 1.54) is 11.0 Å². The summed E-state index contributed by atoms with van der Waals surface area (Å²) in [4.78, 5) is 26.8. The number of nitrogens with two attached hydrogens (primary N) is 1. The minimum atomic E-state index is -0.593. The third-order valence-electron chi connectivity index (χ3n) is 5.32. The molecule has 6 nitrogen and oxygen atoms in total. The van der Waals surface area contributed by atoms with Crippen LogP contribution in [-0.2, 0) is 17.8 Å². The van der Waals surface area contributed by atoms with Crippen molar-refractivity contribution in [1.29, 1.82) is 0 Å². The highest BCUT2D eigenvalue weighted by Crippen LogP contribution is 2.33. The standard InChI is InChI=1S/C22H25FN2O4/c1-14-17-8-7-16(21(27)20(17)19(24)11-18(14)23)12-25(9-10-26)22(28)29-13-15-5-3-2-4-6-15/h2-6,11,16,26H,7-10,12-13,24H2,1H3.